The third-order valence-corrected chi connectivity index (χ3v) is 6.56. The lowest BCUT2D eigenvalue weighted by Gasteiger charge is -2.26. The van der Waals surface area contributed by atoms with E-state index in [0.29, 0.717) is 79.7 Å². The molecular weight excluding hydrogens is 491 g/mol. The Morgan fingerprint density at radius 3 is 2.45 bits per heavy atom. The summed E-state index contributed by atoms with van der Waals surface area (Å²) >= 11 is 0. The van der Waals surface area contributed by atoms with E-state index in [9.17, 15) is 14.0 Å². The van der Waals surface area contributed by atoms with Crippen molar-refractivity contribution in [2.45, 2.75) is 6.54 Å². The molecule has 2 aliphatic heterocycles. The lowest BCUT2D eigenvalue weighted by molar-refractivity contribution is 0.0303. The molecule has 38 heavy (non-hydrogen) atoms. The SMILES string of the molecule is O=C(Nc1ccc2c(c1)OCCO2)c1nn(Cc2ccc(C(=O)N3CCOCC3)cc2)c2ccc(F)cc12. The average molecular weight is 517 g/mol. The van der Waals surface area contributed by atoms with Crippen LogP contribution in [0.15, 0.2) is 60.7 Å². The number of fused-ring (bicyclic) bond motifs is 2. The van der Waals surface area contributed by atoms with Gasteiger partial charge in [0.05, 0.1) is 25.3 Å². The molecule has 194 valence electrons. The number of benzene rings is 3. The maximum atomic E-state index is 14.2. The van der Waals surface area contributed by atoms with Crippen molar-refractivity contribution < 1.29 is 28.2 Å². The molecule has 0 unspecified atom stereocenters. The lowest BCUT2D eigenvalue weighted by atomic mass is 10.1. The molecule has 9 nitrogen and oxygen atoms in total. The Labute approximate surface area is 217 Å². The zero-order valence-corrected chi connectivity index (χ0v) is 20.5. The maximum Gasteiger partial charge on any atom is 0.276 e. The first kappa shape index (κ1) is 23.9. The molecular formula is C28H25FN4O5. The molecule has 1 saturated heterocycles. The van der Waals surface area contributed by atoms with Gasteiger partial charge in [-0.25, -0.2) is 4.39 Å². The van der Waals surface area contributed by atoms with E-state index in [1.54, 1.807) is 46.0 Å². The fourth-order valence-corrected chi connectivity index (χ4v) is 4.63. The van der Waals surface area contributed by atoms with Crippen molar-refractivity contribution in [1.82, 2.24) is 14.7 Å². The van der Waals surface area contributed by atoms with Crippen molar-refractivity contribution in [2.24, 2.45) is 0 Å². The summed E-state index contributed by atoms with van der Waals surface area (Å²) in [7, 11) is 0. The van der Waals surface area contributed by atoms with E-state index in [1.165, 1.54) is 12.1 Å². The Morgan fingerprint density at radius 2 is 1.66 bits per heavy atom. The Balaban J connectivity index is 1.24. The van der Waals surface area contributed by atoms with Crippen LogP contribution < -0.4 is 14.8 Å². The zero-order valence-electron chi connectivity index (χ0n) is 20.5. The number of aromatic nitrogens is 2. The van der Waals surface area contributed by atoms with E-state index < -0.39 is 11.7 Å². The number of halogens is 1. The van der Waals surface area contributed by atoms with Gasteiger partial charge < -0.3 is 24.4 Å². The van der Waals surface area contributed by atoms with Gasteiger partial charge in [-0.15, -0.1) is 0 Å². The van der Waals surface area contributed by atoms with Gasteiger partial charge in [0.25, 0.3) is 11.8 Å². The number of carbonyl (C=O) groups is 2. The van der Waals surface area contributed by atoms with Gasteiger partial charge in [0.1, 0.15) is 19.0 Å². The van der Waals surface area contributed by atoms with Crippen LogP contribution in [0.25, 0.3) is 10.9 Å². The largest absolute Gasteiger partial charge is 0.486 e. The van der Waals surface area contributed by atoms with E-state index in [-0.39, 0.29) is 11.6 Å². The second-order valence-corrected chi connectivity index (χ2v) is 9.08. The van der Waals surface area contributed by atoms with Crippen molar-refractivity contribution >= 4 is 28.4 Å². The van der Waals surface area contributed by atoms with E-state index in [2.05, 4.69) is 10.4 Å². The number of hydrogen-bond donors (Lipinski definition) is 1. The summed E-state index contributed by atoms with van der Waals surface area (Å²) in [6, 6.07) is 16.7. The predicted molar refractivity (Wildman–Crippen MR) is 137 cm³/mol. The topological polar surface area (TPSA) is 94.9 Å². The molecule has 0 spiro atoms. The van der Waals surface area contributed by atoms with Crippen LogP contribution in [-0.4, -0.2) is 66.0 Å². The van der Waals surface area contributed by atoms with Gasteiger partial charge in [0, 0.05) is 35.8 Å². The molecule has 10 heteroatoms. The maximum absolute atomic E-state index is 14.2. The second kappa shape index (κ2) is 10.1. The fraction of sp³-hybridized carbons (Fsp3) is 0.250. The average Bonchev–Trinajstić information content (AvgIpc) is 3.30. The fourth-order valence-electron chi connectivity index (χ4n) is 4.63. The molecule has 0 aliphatic carbocycles. The van der Waals surface area contributed by atoms with Gasteiger partial charge in [-0.1, -0.05) is 12.1 Å². The van der Waals surface area contributed by atoms with Crippen LogP contribution in [0.1, 0.15) is 26.4 Å². The molecule has 1 N–H and O–H groups in total. The van der Waals surface area contributed by atoms with Crippen LogP contribution in [0.2, 0.25) is 0 Å². The lowest BCUT2D eigenvalue weighted by Crippen LogP contribution is -2.40. The van der Waals surface area contributed by atoms with E-state index in [4.69, 9.17) is 14.2 Å². The Morgan fingerprint density at radius 1 is 0.895 bits per heavy atom. The van der Waals surface area contributed by atoms with Crippen molar-refractivity contribution in [1.29, 1.82) is 0 Å². The van der Waals surface area contributed by atoms with Crippen LogP contribution in [0, 0.1) is 5.82 Å². The van der Waals surface area contributed by atoms with Gasteiger partial charge in [-0.05, 0) is 48.0 Å². The number of morpholine rings is 1. The van der Waals surface area contributed by atoms with Gasteiger partial charge in [0.15, 0.2) is 17.2 Å². The molecule has 0 atom stereocenters. The van der Waals surface area contributed by atoms with E-state index >= 15 is 0 Å². The molecule has 3 aromatic carbocycles. The van der Waals surface area contributed by atoms with Crippen molar-refractivity contribution in [3.63, 3.8) is 0 Å². The molecule has 2 amide bonds. The molecule has 2 aliphatic rings. The summed E-state index contributed by atoms with van der Waals surface area (Å²) < 4.78 is 32.3. The van der Waals surface area contributed by atoms with Gasteiger partial charge in [0.2, 0.25) is 0 Å². The normalized spacial score (nSPS) is 14.9. The highest BCUT2D eigenvalue weighted by molar-refractivity contribution is 6.11. The zero-order chi connectivity index (χ0) is 26.1. The second-order valence-electron chi connectivity index (χ2n) is 9.08. The monoisotopic (exact) mass is 516 g/mol. The number of rotatable bonds is 5. The summed E-state index contributed by atoms with van der Waals surface area (Å²) in [4.78, 5) is 27.7. The molecule has 6 rings (SSSR count). The number of amides is 2. The minimum absolute atomic E-state index is 0.0297. The van der Waals surface area contributed by atoms with E-state index in [0.717, 1.165) is 5.56 Å². The Hall–Kier alpha value is -4.44. The molecule has 0 bridgehead atoms. The first-order valence-corrected chi connectivity index (χ1v) is 12.4. The summed E-state index contributed by atoms with van der Waals surface area (Å²) in [5.41, 5.74) is 2.72. The Bertz CT molecular complexity index is 1510. The number of carbonyl (C=O) groups excluding carboxylic acids is 2. The third kappa shape index (κ3) is 4.78. The molecule has 0 saturated carbocycles. The first-order chi connectivity index (χ1) is 18.5. The number of anilines is 1. The van der Waals surface area contributed by atoms with E-state index in [1.807, 2.05) is 12.1 Å². The van der Waals surface area contributed by atoms with Gasteiger partial charge in [-0.3, -0.25) is 14.3 Å². The summed E-state index contributed by atoms with van der Waals surface area (Å²) in [5.74, 6) is 0.201. The van der Waals surface area contributed by atoms with Crippen LogP contribution in [0.3, 0.4) is 0 Å². The highest BCUT2D eigenvalue weighted by atomic mass is 19.1. The smallest absolute Gasteiger partial charge is 0.276 e. The molecule has 3 heterocycles. The minimum atomic E-state index is -0.470. The molecule has 1 fully saturated rings. The molecule has 0 radical (unpaired) electrons. The number of nitrogens with one attached hydrogen (secondary N) is 1. The highest BCUT2D eigenvalue weighted by Gasteiger charge is 2.21. The van der Waals surface area contributed by atoms with Crippen molar-refractivity contribution in [3.05, 3.63) is 83.3 Å². The van der Waals surface area contributed by atoms with Crippen LogP contribution in [-0.2, 0) is 11.3 Å². The summed E-state index contributed by atoms with van der Waals surface area (Å²) in [5, 5.41) is 7.76. The minimum Gasteiger partial charge on any atom is -0.486 e. The molecule has 4 aromatic rings. The van der Waals surface area contributed by atoms with Crippen molar-refractivity contribution in [3.8, 4) is 11.5 Å². The highest BCUT2D eigenvalue weighted by Crippen LogP contribution is 2.33. The third-order valence-electron chi connectivity index (χ3n) is 6.56. The van der Waals surface area contributed by atoms with Gasteiger partial charge in [-0.2, -0.15) is 5.10 Å². The van der Waals surface area contributed by atoms with Crippen LogP contribution in [0.5, 0.6) is 11.5 Å². The summed E-state index contributed by atoms with van der Waals surface area (Å²) in [6.45, 7) is 3.48. The quantitative estimate of drug-likeness (QED) is 0.435. The Kier molecular flexibility index (Phi) is 6.38. The number of nitrogens with zero attached hydrogens (tertiary/aromatic N) is 3. The van der Waals surface area contributed by atoms with Gasteiger partial charge >= 0.3 is 0 Å². The molecule has 1 aromatic heterocycles. The first-order valence-electron chi connectivity index (χ1n) is 12.4. The number of hydrogen-bond acceptors (Lipinski definition) is 6. The summed E-state index contributed by atoms with van der Waals surface area (Å²) in [6.07, 6.45) is 0. The predicted octanol–water partition coefficient (Wildman–Crippen LogP) is 3.72. The van der Waals surface area contributed by atoms with Crippen LogP contribution in [0.4, 0.5) is 10.1 Å². The standard InChI is InChI=1S/C28H25FN4O5/c29-20-5-7-23-22(15-20)26(27(34)30-21-6-8-24-25(16-21)38-14-13-37-24)31-33(23)17-18-1-3-19(4-2-18)28(35)32-9-11-36-12-10-32/h1-8,15-16H,9-14,17H2,(H,30,34). The van der Waals surface area contributed by atoms with Crippen LogP contribution >= 0.6 is 0 Å². The van der Waals surface area contributed by atoms with Crippen molar-refractivity contribution in [2.75, 3.05) is 44.8 Å². The number of ether oxygens (including phenoxy) is 3.